The van der Waals surface area contributed by atoms with Gasteiger partial charge in [-0.25, -0.2) is 4.39 Å². The van der Waals surface area contributed by atoms with E-state index in [9.17, 15) is 22.4 Å². The molecule has 1 amide bonds. The fourth-order valence-electron chi connectivity index (χ4n) is 2.00. The van der Waals surface area contributed by atoms with Crippen LogP contribution in [0.5, 0.6) is 0 Å². The van der Waals surface area contributed by atoms with E-state index in [0.717, 1.165) is 6.07 Å². The Kier molecular flexibility index (Phi) is 4.42. The normalized spacial score (nSPS) is 19.2. The number of amides is 1. The minimum Gasteiger partial charge on any atom is -0.321 e. The maximum atomic E-state index is 13.2. The van der Waals surface area contributed by atoms with Crippen LogP contribution in [0.1, 0.15) is 15.9 Å². The van der Waals surface area contributed by atoms with E-state index in [0.29, 0.717) is 23.6 Å². The summed E-state index contributed by atoms with van der Waals surface area (Å²) in [6.45, 7) is 0.278. The second kappa shape index (κ2) is 5.93. The third-order valence-electron chi connectivity index (χ3n) is 3.06. The summed E-state index contributed by atoms with van der Waals surface area (Å²) in [5.74, 6) is -1.09. The van der Waals surface area contributed by atoms with Crippen molar-refractivity contribution in [1.82, 2.24) is 4.90 Å². The van der Waals surface area contributed by atoms with Crippen LogP contribution in [-0.4, -0.2) is 34.9 Å². The van der Waals surface area contributed by atoms with Crippen molar-refractivity contribution in [1.29, 1.82) is 5.26 Å². The summed E-state index contributed by atoms with van der Waals surface area (Å²) >= 11 is 1.50. The molecule has 2 rings (SSSR count). The van der Waals surface area contributed by atoms with Crippen LogP contribution >= 0.6 is 11.8 Å². The molecule has 1 saturated heterocycles. The van der Waals surface area contributed by atoms with Crippen molar-refractivity contribution in [3.05, 3.63) is 35.1 Å². The Morgan fingerprint density at radius 2 is 2.14 bits per heavy atom. The Morgan fingerprint density at radius 3 is 2.76 bits per heavy atom. The summed E-state index contributed by atoms with van der Waals surface area (Å²) in [6, 6.07) is 3.38. The van der Waals surface area contributed by atoms with Gasteiger partial charge in [0.1, 0.15) is 11.9 Å². The molecule has 1 atom stereocenters. The number of hydrogen-bond donors (Lipinski definition) is 0. The predicted molar refractivity (Wildman–Crippen MR) is 69.2 cm³/mol. The first-order chi connectivity index (χ1) is 9.84. The highest BCUT2D eigenvalue weighted by Crippen LogP contribution is 2.32. The first-order valence-electron chi connectivity index (χ1n) is 5.99. The number of hydrogen-bond acceptors (Lipinski definition) is 3. The molecule has 0 aliphatic carbocycles. The van der Waals surface area contributed by atoms with E-state index in [2.05, 4.69) is 0 Å². The van der Waals surface area contributed by atoms with Gasteiger partial charge in [-0.1, -0.05) is 0 Å². The lowest BCUT2D eigenvalue weighted by atomic mass is 10.1. The van der Waals surface area contributed by atoms with Gasteiger partial charge in [0.25, 0.3) is 5.91 Å². The molecule has 0 radical (unpaired) electrons. The standard InChI is InChI=1S/C13H10F4N2OS/c14-11-2-1-8(5-10(11)13(15,16)17)12(20)19-3-4-21-7-9(19)6-18/h1-2,5,9H,3-4,7H2/t9-/m1/s1. The largest absolute Gasteiger partial charge is 0.419 e. The molecule has 8 heteroatoms. The number of halogens is 4. The van der Waals surface area contributed by atoms with Crippen molar-refractivity contribution in [2.45, 2.75) is 12.2 Å². The molecule has 21 heavy (non-hydrogen) atoms. The summed E-state index contributed by atoms with van der Waals surface area (Å²) < 4.78 is 51.2. The van der Waals surface area contributed by atoms with E-state index >= 15 is 0 Å². The second-order valence-electron chi connectivity index (χ2n) is 4.41. The quantitative estimate of drug-likeness (QED) is 0.748. The van der Waals surface area contributed by atoms with E-state index in [1.165, 1.54) is 16.7 Å². The number of rotatable bonds is 1. The van der Waals surface area contributed by atoms with Gasteiger partial charge in [0, 0.05) is 23.6 Å². The number of alkyl halides is 3. The van der Waals surface area contributed by atoms with E-state index < -0.39 is 29.5 Å². The first-order valence-corrected chi connectivity index (χ1v) is 7.15. The van der Waals surface area contributed by atoms with Gasteiger partial charge in [-0.3, -0.25) is 4.79 Å². The molecular weight excluding hydrogens is 308 g/mol. The van der Waals surface area contributed by atoms with Crippen LogP contribution < -0.4 is 0 Å². The molecule has 1 aromatic carbocycles. The third-order valence-corrected chi connectivity index (χ3v) is 4.08. The molecule has 1 aliphatic heterocycles. The molecule has 0 N–H and O–H groups in total. The highest BCUT2D eigenvalue weighted by Gasteiger charge is 2.36. The minimum atomic E-state index is -4.87. The summed E-state index contributed by atoms with van der Waals surface area (Å²) in [5.41, 5.74) is -1.75. The van der Waals surface area contributed by atoms with Gasteiger partial charge >= 0.3 is 6.18 Å². The van der Waals surface area contributed by atoms with Crippen molar-refractivity contribution in [2.75, 3.05) is 18.1 Å². The molecule has 0 aromatic heterocycles. The van der Waals surface area contributed by atoms with Crippen molar-refractivity contribution < 1.29 is 22.4 Å². The van der Waals surface area contributed by atoms with Gasteiger partial charge in [-0.2, -0.15) is 30.2 Å². The van der Waals surface area contributed by atoms with Gasteiger partial charge in [-0.05, 0) is 18.2 Å². The molecule has 0 spiro atoms. The average molecular weight is 318 g/mol. The number of nitrogens with zero attached hydrogens (tertiary/aromatic N) is 2. The van der Waals surface area contributed by atoms with Crippen LogP contribution in [-0.2, 0) is 6.18 Å². The van der Waals surface area contributed by atoms with Crippen molar-refractivity contribution in [3.63, 3.8) is 0 Å². The summed E-state index contributed by atoms with van der Waals surface area (Å²) in [7, 11) is 0. The Hall–Kier alpha value is -1.75. The molecule has 0 unspecified atom stereocenters. The minimum absolute atomic E-state index is 0.268. The van der Waals surface area contributed by atoms with Gasteiger partial charge in [0.15, 0.2) is 0 Å². The summed E-state index contributed by atoms with van der Waals surface area (Å²) in [6.07, 6.45) is -4.87. The van der Waals surface area contributed by atoms with E-state index in [4.69, 9.17) is 5.26 Å². The smallest absolute Gasteiger partial charge is 0.321 e. The number of carbonyl (C=O) groups excluding carboxylic acids is 1. The monoisotopic (exact) mass is 318 g/mol. The zero-order valence-corrected chi connectivity index (χ0v) is 11.5. The third kappa shape index (κ3) is 3.29. The van der Waals surface area contributed by atoms with Gasteiger partial charge < -0.3 is 4.90 Å². The van der Waals surface area contributed by atoms with Crippen LogP contribution in [0.2, 0.25) is 0 Å². The topological polar surface area (TPSA) is 44.1 Å². The molecule has 1 heterocycles. The lowest BCUT2D eigenvalue weighted by molar-refractivity contribution is -0.140. The van der Waals surface area contributed by atoms with Gasteiger partial charge in [0.2, 0.25) is 0 Å². The number of carbonyl (C=O) groups is 1. The second-order valence-corrected chi connectivity index (χ2v) is 5.56. The lowest BCUT2D eigenvalue weighted by Gasteiger charge is -2.31. The van der Waals surface area contributed by atoms with Crippen LogP contribution in [0, 0.1) is 17.1 Å². The van der Waals surface area contributed by atoms with Crippen molar-refractivity contribution in [3.8, 4) is 6.07 Å². The Balaban J connectivity index is 2.34. The van der Waals surface area contributed by atoms with Crippen molar-refractivity contribution in [2.24, 2.45) is 0 Å². The Morgan fingerprint density at radius 1 is 1.43 bits per heavy atom. The molecule has 1 aromatic rings. The number of thioether (sulfide) groups is 1. The Bertz CT molecular complexity index is 597. The predicted octanol–water partition coefficient (Wildman–Crippen LogP) is 2.93. The SMILES string of the molecule is N#C[C@@H]1CSCCN1C(=O)c1ccc(F)c(C(F)(F)F)c1. The Labute approximate surface area is 122 Å². The van der Waals surface area contributed by atoms with E-state index in [1.807, 2.05) is 6.07 Å². The fraction of sp³-hybridized carbons (Fsp3) is 0.385. The molecular formula is C13H10F4N2OS. The molecule has 112 valence electrons. The lowest BCUT2D eigenvalue weighted by Crippen LogP contribution is -2.45. The highest BCUT2D eigenvalue weighted by molar-refractivity contribution is 7.99. The van der Waals surface area contributed by atoms with Crippen LogP contribution in [0.3, 0.4) is 0 Å². The average Bonchev–Trinajstić information content (AvgIpc) is 2.45. The molecule has 0 saturated carbocycles. The molecule has 3 nitrogen and oxygen atoms in total. The van der Waals surface area contributed by atoms with Crippen LogP contribution in [0.25, 0.3) is 0 Å². The zero-order chi connectivity index (χ0) is 15.6. The fourth-order valence-corrected chi connectivity index (χ4v) is 2.97. The summed E-state index contributed by atoms with van der Waals surface area (Å²) in [4.78, 5) is 13.5. The van der Waals surface area contributed by atoms with Crippen molar-refractivity contribution >= 4 is 17.7 Å². The van der Waals surface area contributed by atoms with Crippen LogP contribution in [0.4, 0.5) is 17.6 Å². The molecule has 1 fully saturated rings. The maximum Gasteiger partial charge on any atom is 0.419 e. The van der Waals surface area contributed by atoms with E-state index in [1.54, 1.807) is 0 Å². The van der Waals surface area contributed by atoms with Crippen LogP contribution in [0.15, 0.2) is 18.2 Å². The zero-order valence-electron chi connectivity index (χ0n) is 10.7. The number of nitriles is 1. The maximum absolute atomic E-state index is 13.2. The molecule has 1 aliphatic rings. The van der Waals surface area contributed by atoms with E-state index in [-0.39, 0.29) is 12.1 Å². The van der Waals surface area contributed by atoms with Gasteiger partial charge in [0.05, 0.1) is 11.6 Å². The molecule has 0 bridgehead atoms. The summed E-state index contributed by atoms with van der Waals surface area (Å²) in [5, 5.41) is 8.99. The first kappa shape index (κ1) is 15.6. The van der Waals surface area contributed by atoms with Gasteiger partial charge in [-0.15, -0.1) is 0 Å². The number of benzene rings is 1. The highest BCUT2D eigenvalue weighted by atomic mass is 32.2.